The quantitative estimate of drug-likeness (QED) is 0.906. The summed E-state index contributed by atoms with van der Waals surface area (Å²) in [6.45, 7) is 0. The number of carbonyl (C=O) groups is 1. The average molecular weight is 334 g/mol. The number of aliphatic carboxylic acids is 1. The highest BCUT2D eigenvalue weighted by molar-refractivity contribution is 9.10. The highest BCUT2D eigenvalue weighted by Crippen LogP contribution is 2.32. The van der Waals surface area contributed by atoms with Crippen LogP contribution in [0.3, 0.4) is 0 Å². The van der Waals surface area contributed by atoms with E-state index in [-0.39, 0.29) is 12.0 Å². The maximum Gasteiger partial charge on any atom is 0.309 e. The first-order valence-electron chi connectivity index (χ1n) is 4.89. The fraction of sp³-hybridized carbons (Fsp3) is 0.0909. The lowest BCUT2D eigenvalue weighted by Gasteiger charge is -2.01. The van der Waals surface area contributed by atoms with Gasteiger partial charge in [0.2, 0.25) is 0 Å². The zero-order valence-corrected chi connectivity index (χ0v) is 11.2. The van der Waals surface area contributed by atoms with Crippen LogP contribution in [0.25, 0.3) is 11.3 Å². The molecule has 0 aliphatic heterocycles. The first-order valence-corrected chi connectivity index (χ1v) is 6.06. The normalized spacial score (nSPS) is 10.6. The van der Waals surface area contributed by atoms with Crippen LogP contribution in [0.4, 0.5) is 4.39 Å². The third-order valence-corrected chi connectivity index (χ3v) is 3.38. The van der Waals surface area contributed by atoms with Crippen molar-refractivity contribution in [1.29, 1.82) is 0 Å². The van der Waals surface area contributed by atoms with Gasteiger partial charge < -0.3 is 5.11 Å². The van der Waals surface area contributed by atoms with Gasteiger partial charge in [-0.1, -0.05) is 11.6 Å². The smallest absolute Gasteiger partial charge is 0.309 e. The second-order valence-corrected chi connectivity index (χ2v) is 4.79. The van der Waals surface area contributed by atoms with Crippen molar-refractivity contribution in [2.45, 2.75) is 6.42 Å². The third-order valence-electron chi connectivity index (χ3n) is 2.29. The Balaban J connectivity index is 2.48. The molecule has 0 aliphatic carbocycles. The Morgan fingerprint density at radius 3 is 2.94 bits per heavy atom. The number of carboxylic acids is 1. The molecule has 0 fully saturated rings. The summed E-state index contributed by atoms with van der Waals surface area (Å²) >= 11 is 9.00. The van der Waals surface area contributed by atoms with Crippen LogP contribution in [0.5, 0.6) is 0 Å². The summed E-state index contributed by atoms with van der Waals surface area (Å²) in [4.78, 5) is 10.6. The highest BCUT2D eigenvalue weighted by Gasteiger charge is 2.17. The summed E-state index contributed by atoms with van der Waals surface area (Å²) in [6.07, 6.45) is -0.226. The molecule has 2 N–H and O–H groups in total. The van der Waals surface area contributed by atoms with E-state index in [4.69, 9.17) is 16.7 Å². The molecule has 0 spiro atoms. The van der Waals surface area contributed by atoms with Crippen LogP contribution in [0.15, 0.2) is 22.7 Å². The van der Waals surface area contributed by atoms with Gasteiger partial charge in [-0.2, -0.15) is 5.10 Å². The molecule has 18 heavy (non-hydrogen) atoms. The van der Waals surface area contributed by atoms with Gasteiger partial charge in [0.25, 0.3) is 0 Å². The van der Waals surface area contributed by atoms with Crippen molar-refractivity contribution in [3.8, 4) is 11.3 Å². The van der Waals surface area contributed by atoms with E-state index >= 15 is 0 Å². The van der Waals surface area contributed by atoms with Crippen LogP contribution in [0, 0.1) is 5.82 Å². The molecule has 0 unspecified atom stereocenters. The Labute approximate surface area is 115 Å². The molecule has 4 nitrogen and oxygen atoms in total. The SMILES string of the molecule is O=C(O)Cc1[nH]nc(-c2cc(Cl)ccc2F)c1Br. The molecule has 0 saturated carbocycles. The number of nitrogens with one attached hydrogen (secondary N) is 1. The van der Waals surface area contributed by atoms with Crippen molar-refractivity contribution in [2.24, 2.45) is 0 Å². The molecule has 7 heteroatoms. The van der Waals surface area contributed by atoms with Gasteiger partial charge in [0.15, 0.2) is 0 Å². The standard InChI is InChI=1S/C11H7BrClFN2O2/c12-10-8(4-9(17)18)15-16-11(10)6-3-5(13)1-2-7(6)14/h1-3H,4H2,(H,15,16)(H,17,18). The molecule has 1 aromatic carbocycles. The van der Waals surface area contributed by atoms with E-state index in [1.54, 1.807) is 0 Å². The summed E-state index contributed by atoms with van der Waals surface area (Å²) in [7, 11) is 0. The predicted octanol–water partition coefficient (Wildman–Crippen LogP) is 3.26. The van der Waals surface area contributed by atoms with Crippen LogP contribution in [0.1, 0.15) is 5.69 Å². The van der Waals surface area contributed by atoms with Gasteiger partial charge in [-0.15, -0.1) is 0 Å². The van der Waals surface area contributed by atoms with E-state index in [0.29, 0.717) is 20.9 Å². The maximum absolute atomic E-state index is 13.7. The third kappa shape index (κ3) is 2.54. The summed E-state index contributed by atoms with van der Waals surface area (Å²) in [5, 5.41) is 15.6. The zero-order valence-electron chi connectivity index (χ0n) is 8.88. The highest BCUT2D eigenvalue weighted by atomic mass is 79.9. The van der Waals surface area contributed by atoms with Gasteiger partial charge in [-0.3, -0.25) is 9.89 Å². The molecule has 1 heterocycles. The van der Waals surface area contributed by atoms with E-state index in [1.165, 1.54) is 18.2 Å². The van der Waals surface area contributed by atoms with E-state index in [1.807, 2.05) is 0 Å². The zero-order chi connectivity index (χ0) is 13.3. The van der Waals surface area contributed by atoms with Crippen molar-refractivity contribution >= 4 is 33.5 Å². The number of H-pyrrole nitrogens is 1. The molecule has 0 aliphatic rings. The minimum Gasteiger partial charge on any atom is -0.481 e. The minimum atomic E-state index is -1.00. The molecule has 0 radical (unpaired) electrons. The number of carboxylic acid groups (broad SMARTS) is 1. The Morgan fingerprint density at radius 2 is 2.28 bits per heavy atom. The van der Waals surface area contributed by atoms with Gasteiger partial charge in [-0.25, -0.2) is 4.39 Å². The number of halogens is 3. The number of hydrogen-bond acceptors (Lipinski definition) is 2. The van der Waals surface area contributed by atoms with E-state index in [2.05, 4.69) is 26.1 Å². The lowest BCUT2D eigenvalue weighted by molar-refractivity contribution is -0.136. The molecular formula is C11H7BrClFN2O2. The molecule has 0 amide bonds. The van der Waals surface area contributed by atoms with Crippen LogP contribution in [-0.2, 0) is 11.2 Å². The summed E-state index contributed by atoms with van der Waals surface area (Å²) in [5.41, 5.74) is 0.880. The van der Waals surface area contributed by atoms with Crippen LogP contribution in [-0.4, -0.2) is 21.3 Å². The summed E-state index contributed by atoms with van der Waals surface area (Å²) in [5.74, 6) is -1.48. The van der Waals surface area contributed by atoms with Gasteiger partial charge in [0.05, 0.1) is 16.6 Å². The Kier molecular flexibility index (Phi) is 3.68. The number of rotatable bonds is 3. The Bertz CT molecular complexity index is 615. The summed E-state index contributed by atoms with van der Waals surface area (Å²) in [6, 6.07) is 4.09. The van der Waals surface area contributed by atoms with Crippen LogP contribution < -0.4 is 0 Å². The van der Waals surface area contributed by atoms with Crippen molar-refractivity contribution in [3.63, 3.8) is 0 Å². The first-order chi connectivity index (χ1) is 8.49. The largest absolute Gasteiger partial charge is 0.481 e. The minimum absolute atomic E-state index is 0.210. The second-order valence-electron chi connectivity index (χ2n) is 3.56. The molecule has 2 rings (SSSR count). The number of aromatic nitrogens is 2. The monoisotopic (exact) mass is 332 g/mol. The van der Waals surface area contributed by atoms with Gasteiger partial charge >= 0.3 is 5.97 Å². The molecule has 1 aromatic heterocycles. The molecule has 94 valence electrons. The second kappa shape index (κ2) is 5.07. The topological polar surface area (TPSA) is 66.0 Å². The van der Waals surface area contributed by atoms with Crippen molar-refractivity contribution in [2.75, 3.05) is 0 Å². The Hall–Kier alpha value is -1.40. The predicted molar refractivity (Wildman–Crippen MR) is 68.0 cm³/mol. The molecule has 0 atom stereocenters. The van der Waals surface area contributed by atoms with E-state index < -0.39 is 11.8 Å². The number of aromatic amines is 1. The maximum atomic E-state index is 13.7. The van der Waals surface area contributed by atoms with Gasteiger partial charge in [-0.05, 0) is 34.1 Å². The van der Waals surface area contributed by atoms with E-state index in [0.717, 1.165) is 0 Å². The molecule has 0 bridgehead atoms. The number of hydrogen-bond donors (Lipinski definition) is 2. The Morgan fingerprint density at radius 1 is 1.56 bits per heavy atom. The molecule has 2 aromatic rings. The lowest BCUT2D eigenvalue weighted by atomic mass is 10.1. The van der Waals surface area contributed by atoms with Crippen molar-refractivity contribution in [3.05, 3.63) is 39.2 Å². The van der Waals surface area contributed by atoms with Crippen LogP contribution >= 0.6 is 27.5 Å². The van der Waals surface area contributed by atoms with Gasteiger partial charge in [0.1, 0.15) is 11.5 Å². The average Bonchev–Trinajstić information content (AvgIpc) is 2.64. The molecular weight excluding hydrogens is 326 g/mol. The fourth-order valence-corrected chi connectivity index (χ4v) is 2.19. The first kappa shape index (κ1) is 13.0. The molecule has 0 saturated heterocycles. The van der Waals surface area contributed by atoms with Crippen molar-refractivity contribution < 1.29 is 14.3 Å². The van der Waals surface area contributed by atoms with Crippen molar-refractivity contribution in [1.82, 2.24) is 10.2 Å². The van der Waals surface area contributed by atoms with Crippen LogP contribution in [0.2, 0.25) is 5.02 Å². The van der Waals surface area contributed by atoms with Gasteiger partial charge in [0, 0.05) is 10.6 Å². The summed E-state index contributed by atoms with van der Waals surface area (Å²) < 4.78 is 14.1. The fourth-order valence-electron chi connectivity index (χ4n) is 1.49. The lowest BCUT2D eigenvalue weighted by Crippen LogP contribution is -2.00. The number of nitrogens with zero attached hydrogens (tertiary/aromatic N) is 1. The van der Waals surface area contributed by atoms with E-state index in [9.17, 15) is 9.18 Å². The number of benzene rings is 1.